The van der Waals surface area contributed by atoms with Crippen LogP contribution in [0.5, 0.6) is 0 Å². The molecule has 0 saturated heterocycles. The molecule has 0 fully saturated rings. The van der Waals surface area contributed by atoms with Gasteiger partial charge in [-0.1, -0.05) is 42.2 Å². The number of amides is 1. The Labute approximate surface area is 218 Å². The van der Waals surface area contributed by atoms with Gasteiger partial charge in [0.1, 0.15) is 11.7 Å². The molecule has 0 spiro atoms. The number of carbonyl (C=O) groups is 1. The third-order valence-corrected chi connectivity index (χ3v) is 6.29. The number of pyridine rings is 1. The van der Waals surface area contributed by atoms with Gasteiger partial charge in [-0.25, -0.2) is 9.50 Å². The first-order chi connectivity index (χ1) is 18.4. The van der Waals surface area contributed by atoms with E-state index in [-0.39, 0.29) is 23.0 Å². The quantitative estimate of drug-likeness (QED) is 0.353. The molecular formula is C29H26N6O3. The highest BCUT2D eigenvalue weighted by Crippen LogP contribution is 2.24. The molecule has 38 heavy (non-hydrogen) atoms. The smallest absolute Gasteiger partial charge is 0.264 e. The van der Waals surface area contributed by atoms with Gasteiger partial charge >= 0.3 is 0 Å². The number of nitrogens with one attached hydrogen (secondary N) is 1. The van der Waals surface area contributed by atoms with Crippen molar-refractivity contribution in [3.63, 3.8) is 0 Å². The minimum Gasteiger partial charge on any atom is -0.381 e. The van der Waals surface area contributed by atoms with Crippen molar-refractivity contribution in [1.82, 2.24) is 24.5 Å². The lowest BCUT2D eigenvalue weighted by Crippen LogP contribution is -2.32. The van der Waals surface area contributed by atoms with Gasteiger partial charge in [0.2, 0.25) is 0 Å². The van der Waals surface area contributed by atoms with E-state index in [2.05, 4.69) is 27.2 Å². The number of nitrogens with two attached hydrogens (primary N) is 1. The van der Waals surface area contributed by atoms with Gasteiger partial charge in [0, 0.05) is 36.4 Å². The summed E-state index contributed by atoms with van der Waals surface area (Å²) < 4.78 is 8.31. The van der Waals surface area contributed by atoms with Crippen LogP contribution in [0.15, 0.2) is 77.9 Å². The number of fused-ring (bicyclic) bond motifs is 2. The van der Waals surface area contributed by atoms with E-state index in [1.54, 1.807) is 30.1 Å². The number of para-hydroxylation sites is 1. The van der Waals surface area contributed by atoms with Crippen molar-refractivity contribution in [2.75, 3.05) is 12.8 Å². The Morgan fingerprint density at radius 1 is 1.11 bits per heavy atom. The highest BCUT2D eigenvalue weighted by molar-refractivity contribution is 6.04. The number of hydrogen-bond acceptors (Lipinski definition) is 6. The van der Waals surface area contributed by atoms with Gasteiger partial charge in [0.25, 0.3) is 11.5 Å². The van der Waals surface area contributed by atoms with Gasteiger partial charge in [0.15, 0.2) is 11.5 Å². The highest BCUT2D eigenvalue weighted by atomic mass is 16.5. The van der Waals surface area contributed by atoms with Crippen LogP contribution >= 0.6 is 0 Å². The molecular weight excluding hydrogens is 480 g/mol. The van der Waals surface area contributed by atoms with Gasteiger partial charge < -0.3 is 15.8 Å². The lowest BCUT2D eigenvalue weighted by atomic mass is 10.0. The molecule has 9 heteroatoms. The molecule has 5 rings (SSSR count). The van der Waals surface area contributed by atoms with E-state index in [1.165, 1.54) is 4.52 Å². The van der Waals surface area contributed by atoms with Crippen molar-refractivity contribution in [1.29, 1.82) is 0 Å². The molecule has 190 valence electrons. The molecule has 0 aliphatic heterocycles. The molecule has 0 radical (unpaired) electrons. The lowest BCUT2D eigenvalue weighted by Gasteiger charge is -2.21. The first-order valence-corrected chi connectivity index (χ1v) is 12.1. The third-order valence-electron chi connectivity index (χ3n) is 6.29. The first-order valence-electron chi connectivity index (χ1n) is 12.1. The van der Waals surface area contributed by atoms with Crippen LogP contribution in [0.4, 0.5) is 5.82 Å². The summed E-state index contributed by atoms with van der Waals surface area (Å²) in [6.45, 7) is 3.66. The molecule has 5 aromatic rings. The summed E-state index contributed by atoms with van der Waals surface area (Å²) in [6, 6.07) is 17.9. The van der Waals surface area contributed by atoms with Crippen LogP contribution in [0.1, 0.15) is 41.5 Å². The fraction of sp³-hybridized carbons (Fsp3) is 0.172. The summed E-state index contributed by atoms with van der Waals surface area (Å²) >= 11 is 0. The molecule has 3 heterocycles. The third kappa shape index (κ3) is 4.49. The van der Waals surface area contributed by atoms with Crippen LogP contribution in [0.3, 0.4) is 0 Å². The number of ether oxygens (including phenoxy) is 1. The van der Waals surface area contributed by atoms with Crippen molar-refractivity contribution >= 4 is 28.1 Å². The Balaban J connectivity index is 1.65. The Morgan fingerprint density at radius 2 is 1.89 bits per heavy atom. The van der Waals surface area contributed by atoms with Gasteiger partial charge in [-0.05, 0) is 49.6 Å². The van der Waals surface area contributed by atoms with Crippen molar-refractivity contribution in [3.8, 4) is 17.5 Å². The van der Waals surface area contributed by atoms with Crippen molar-refractivity contribution < 1.29 is 9.53 Å². The van der Waals surface area contributed by atoms with E-state index < -0.39 is 11.9 Å². The average molecular weight is 507 g/mol. The van der Waals surface area contributed by atoms with Crippen LogP contribution < -0.4 is 16.6 Å². The summed E-state index contributed by atoms with van der Waals surface area (Å²) in [4.78, 5) is 31.6. The monoisotopic (exact) mass is 506 g/mol. The van der Waals surface area contributed by atoms with Crippen molar-refractivity contribution in [3.05, 3.63) is 100 Å². The van der Waals surface area contributed by atoms with Crippen molar-refractivity contribution in [2.24, 2.45) is 0 Å². The van der Waals surface area contributed by atoms with E-state index in [0.717, 1.165) is 0 Å². The fourth-order valence-electron chi connectivity index (χ4n) is 4.35. The molecule has 0 saturated carbocycles. The molecule has 9 nitrogen and oxygen atoms in total. The number of rotatable bonds is 5. The Bertz CT molecular complexity index is 1780. The molecule has 1 amide bonds. The largest absolute Gasteiger partial charge is 0.381 e. The molecule has 2 atom stereocenters. The molecule has 3 N–H and O–H groups in total. The number of aromatic nitrogens is 4. The highest BCUT2D eigenvalue weighted by Gasteiger charge is 2.23. The first kappa shape index (κ1) is 24.7. The van der Waals surface area contributed by atoms with Crippen LogP contribution in [-0.2, 0) is 4.74 Å². The number of benzene rings is 2. The number of hydrogen-bond donors (Lipinski definition) is 2. The minimum absolute atomic E-state index is 0.0702. The lowest BCUT2D eigenvalue weighted by molar-refractivity contribution is 0.0941. The number of nitrogen functional groups attached to an aromatic ring is 1. The maximum Gasteiger partial charge on any atom is 0.264 e. The van der Waals surface area contributed by atoms with E-state index in [1.807, 2.05) is 68.4 Å². The number of methoxy groups -OCH3 is 1. The molecule has 2 aromatic carbocycles. The Morgan fingerprint density at radius 3 is 2.66 bits per heavy atom. The van der Waals surface area contributed by atoms with E-state index >= 15 is 0 Å². The zero-order valence-corrected chi connectivity index (χ0v) is 21.2. The standard InChI is InChI=1S/C29H26N6O3/c1-18(38-3)13-14-20-9-7-10-21-17-23(35(29(37)24(20)21)22-11-5-4-6-12-22)19(2)32-28(36)25-26(30)33-34-16-8-15-31-27(25)34/h4-12,15-19H,1-3H3,(H2,30,33)(H,32,36). The predicted octanol–water partition coefficient (Wildman–Crippen LogP) is 3.49. The predicted molar refractivity (Wildman–Crippen MR) is 146 cm³/mol. The van der Waals surface area contributed by atoms with Crippen LogP contribution in [0.25, 0.3) is 22.1 Å². The number of carbonyl (C=O) groups excluding carboxylic acids is 1. The molecule has 0 aliphatic rings. The van der Waals surface area contributed by atoms with Crippen molar-refractivity contribution in [2.45, 2.75) is 26.0 Å². The minimum atomic E-state index is -0.568. The second-order valence-corrected chi connectivity index (χ2v) is 8.81. The Kier molecular flexibility index (Phi) is 6.64. The van der Waals surface area contributed by atoms with Crippen LogP contribution in [0.2, 0.25) is 0 Å². The SMILES string of the molecule is COC(C)C#Cc1cccc2cc(C(C)NC(=O)c3c(N)nn4cccnc34)n(-c3ccccc3)c(=O)c12. The summed E-state index contributed by atoms with van der Waals surface area (Å²) in [5.41, 5.74) is 8.21. The van der Waals surface area contributed by atoms with Gasteiger partial charge in [-0.3, -0.25) is 14.2 Å². The maximum absolute atomic E-state index is 14.0. The summed E-state index contributed by atoms with van der Waals surface area (Å²) in [6.07, 6.45) is 2.96. The average Bonchev–Trinajstić information content (AvgIpc) is 3.27. The Hall–Kier alpha value is -4.94. The zero-order chi connectivity index (χ0) is 26.8. The van der Waals surface area contributed by atoms with E-state index in [4.69, 9.17) is 10.5 Å². The topological polar surface area (TPSA) is 117 Å². The second kappa shape index (κ2) is 10.2. The summed E-state index contributed by atoms with van der Waals surface area (Å²) in [7, 11) is 1.59. The summed E-state index contributed by atoms with van der Waals surface area (Å²) in [5, 5.41) is 8.36. The van der Waals surface area contributed by atoms with Crippen LogP contribution in [-0.4, -0.2) is 38.3 Å². The van der Waals surface area contributed by atoms with Gasteiger partial charge in [-0.15, -0.1) is 5.10 Å². The zero-order valence-electron chi connectivity index (χ0n) is 21.2. The van der Waals surface area contributed by atoms with Crippen LogP contribution in [0, 0.1) is 11.8 Å². The number of nitrogens with zero attached hydrogens (tertiary/aromatic N) is 4. The summed E-state index contributed by atoms with van der Waals surface area (Å²) in [5.74, 6) is 5.75. The molecule has 0 aliphatic carbocycles. The normalized spacial score (nSPS) is 12.6. The molecule has 3 aromatic heterocycles. The van der Waals surface area contributed by atoms with Gasteiger partial charge in [-0.2, -0.15) is 0 Å². The molecule has 0 bridgehead atoms. The fourth-order valence-corrected chi connectivity index (χ4v) is 4.35. The second-order valence-electron chi connectivity index (χ2n) is 8.81. The van der Waals surface area contributed by atoms with Gasteiger partial charge in [0.05, 0.1) is 11.4 Å². The molecule has 2 unspecified atom stereocenters. The van der Waals surface area contributed by atoms with E-state index in [9.17, 15) is 9.59 Å². The maximum atomic E-state index is 14.0. The van der Waals surface area contributed by atoms with E-state index in [0.29, 0.717) is 33.4 Å². The number of anilines is 1.